The number of fused-ring (bicyclic) bond motifs is 1. The zero-order chi connectivity index (χ0) is 18.0. The van der Waals surface area contributed by atoms with Crippen LogP contribution in [0.1, 0.15) is 38.1 Å². The minimum atomic E-state index is -0.0917. The molecule has 1 aliphatic rings. The summed E-state index contributed by atoms with van der Waals surface area (Å²) in [6.45, 7) is 12.1. The Hall–Kier alpha value is -1.92. The van der Waals surface area contributed by atoms with Crippen LogP contribution < -0.4 is 4.74 Å². The summed E-state index contributed by atoms with van der Waals surface area (Å²) in [4.78, 5) is 14.6. The Balaban J connectivity index is 1.60. The Morgan fingerprint density at radius 3 is 2.92 bits per heavy atom. The Labute approximate surface area is 148 Å². The average molecular weight is 345 g/mol. The van der Waals surface area contributed by atoms with Crippen LogP contribution in [0, 0.1) is 5.92 Å². The van der Waals surface area contributed by atoms with Crippen molar-refractivity contribution in [3.05, 3.63) is 30.1 Å². The van der Waals surface area contributed by atoms with Gasteiger partial charge in [-0.3, -0.25) is 9.69 Å². The van der Waals surface area contributed by atoms with Gasteiger partial charge >= 0.3 is 0 Å². The van der Waals surface area contributed by atoms with Gasteiger partial charge < -0.3 is 9.47 Å². The molecule has 1 fully saturated rings. The van der Waals surface area contributed by atoms with Gasteiger partial charge in [-0.25, -0.2) is 4.52 Å². The molecular formula is C19H27N3O3. The molecule has 0 atom stereocenters. The zero-order valence-electron chi connectivity index (χ0n) is 15.5. The molecule has 0 bridgehead atoms. The summed E-state index contributed by atoms with van der Waals surface area (Å²) >= 11 is 0. The van der Waals surface area contributed by atoms with Crippen molar-refractivity contribution in [1.82, 2.24) is 14.5 Å². The number of hydrogen-bond donors (Lipinski definition) is 0. The molecule has 3 heterocycles. The number of aromatic nitrogens is 2. The lowest BCUT2D eigenvalue weighted by Crippen LogP contribution is -2.49. The van der Waals surface area contributed by atoms with Gasteiger partial charge in [0.25, 0.3) is 0 Å². The quantitative estimate of drug-likeness (QED) is 0.754. The number of carbonyl (C=O) groups is 1. The number of ether oxygens (including phenoxy) is 2. The maximum absolute atomic E-state index is 12.2. The first-order valence-corrected chi connectivity index (χ1v) is 8.86. The first-order chi connectivity index (χ1) is 11.9. The molecule has 25 heavy (non-hydrogen) atoms. The summed E-state index contributed by atoms with van der Waals surface area (Å²) in [6, 6.07) is 3.80. The Kier molecular flexibility index (Phi) is 5.11. The number of pyridine rings is 1. The van der Waals surface area contributed by atoms with Gasteiger partial charge in [0.1, 0.15) is 12.4 Å². The summed E-state index contributed by atoms with van der Waals surface area (Å²) in [5, 5.41) is 4.29. The molecule has 0 amide bonds. The maximum atomic E-state index is 12.2. The maximum Gasteiger partial charge on any atom is 0.169 e. The molecule has 0 saturated carbocycles. The van der Waals surface area contributed by atoms with Gasteiger partial charge in [0.15, 0.2) is 5.78 Å². The van der Waals surface area contributed by atoms with E-state index in [0.29, 0.717) is 12.2 Å². The summed E-state index contributed by atoms with van der Waals surface area (Å²) in [5.41, 5.74) is 1.39. The highest BCUT2D eigenvalue weighted by Crippen LogP contribution is 2.20. The highest BCUT2D eigenvalue weighted by molar-refractivity contribution is 6.03. The van der Waals surface area contributed by atoms with Crippen LogP contribution in [0.25, 0.3) is 5.52 Å². The number of morpholine rings is 1. The standard InChI is InChI=1S/C19H27N3O3/c1-14(2)18(23)16-11-20-22-12-15(5-6-17(16)22)24-9-7-21-8-10-25-19(3,4)13-21/h5-6,11-12,14H,7-10,13H2,1-4H3. The molecular weight excluding hydrogens is 318 g/mol. The largest absolute Gasteiger partial charge is 0.491 e. The van der Waals surface area contributed by atoms with E-state index in [-0.39, 0.29) is 17.3 Å². The predicted molar refractivity (Wildman–Crippen MR) is 96.3 cm³/mol. The van der Waals surface area contributed by atoms with Gasteiger partial charge in [-0.15, -0.1) is 0 Å². The topological polar surface area (TPSA) is 56.1 Å². The van der Waals surface area contributed by atoms with E-state index in [0.717, 1.165) is 37.5 Å². The van der Waals surface area contributed by atoms with Crippen molar-refractivity contribution in [2.75, 3.05) is 32.8 Å². The first kappa shape index (κ1) is 17.9. The Morgan fingerprint density at radius 1 is 1.40 bits per heavy atom. The minimum absolute atomic E-state index is 0.0401. The van der Waals surface area contributed by atoms with Crippen LogP contribution in [-0.2, 0) is 4.74 Å². The van der Waals surface area contributed by atoms with Crippen LogP contribution in [0.4, 0.5) is 0 Å². The minimum Gasteiger partial charge on any atom is -0.491 e. The molecule has 1 saturated heterocycles. The van der Waals surface area contributed by atoms with Crippen molar-refractivity contribution in [2.45, 2.75) is 33.3 Å². The Morgan fingerprint density at radius 2 is 2.20 bits per heavy atom. The monoisotopic (exact) mass is 345 g/mol. The van der Waals surface area contributed by atoms with Crippen molar-refractivity contribution in [3.8, 4) is 5.75 Å². The van der Waals surface area contributed by atoms with E-state index in [2.05, 4.69) is 23.8 Å². The molecule has 0 N–H and O–H groups in total. The van der Waals surface area contributed by atoms with Crippen molar-refractivity contribution in [3.63, 3.8) is 0 Å². The van der Waals surface area contributed by atoms with Crippen molar-refractivity contribution in [2.24, 2.45) is 5.92 Å². The van der Waals surface area contributed by atoms with Crippen LogP contribution in [0.2, 0.25) is 0 Å². The summed E-state index contributed by atoms with van der Waals surface area (Å²) < 4.78 is 13.3. The number of rotatable bonds is 6. The fourth-order valence-electron chi connectivity index (χ4n) is 3.15. The molecule has 0 unspecified atom stereocenters. The van der Waals surface area contributed by atoms with Gasteiger partial charge in [0.05, 0.1) is 35.7 Å². The number of nitrogens with zero attached hydrogens (tertiary/aromatic N) is 3. The van der Waals surface area contributed by atoms with Gasteiger partial charge in [-0.1, -0.05) is 13.8 Å². The van der Waals surface area contributed by atoms with E-state index in [1.807, 2.05) is 32.2 Å². The van der Waals surface area contributed by atoms with Gasteiger partial charge in [-0.05, 0) is 26.0 Å². The van der Waals surface area contributed by atoms with E-state index in [1.165, 1.54) is 0 Å². The highest BCUT2D eigenvalue weighted by atomic mass is 16.5. The molecule has 0 aromatic carbocycles. The van der Waals surface area contributed by atoms with Crippen LogP contribution >= 0.6 is 0 Å². The summed E-state index contributed by atoms with van der Waals surface area (Å²) in [7, 11) is 0. The summed E-state index contributed by atoms with van der Waals surface area (Å²) in [6.07, 6.45) is 3.47. The molecule has 1 aliphatic heterocycles. The molecule has 0 aliphatic carbocycles. The lowest BCUT2D eigenvalue weighted by molar-refractivity contribution is -0.0875. The van der Waals surface area contributed by atoms with E-state index in [9.17, 15) is 4.79 Å². The zero-order valence-corrected chi connectivity index (χ0v) is 15.5. The number of carbonyl (C=O) groups excluding carboxylic acids is 1. The highest BCUT2D eigenvalue weighted by Gasteiger charge is 2.26. The fraction of sp³-hybridized carbons (Fsp3) is 0.579. The predicted octanol–water partition coefficient (Wildman–Crippen LogP) is 2.66. The van der Waals surface area contributed by atoms with Crippen molar-refractivity contribution >= 4 is 11.3 Å². The van der Waals surface area contributed by atoms with Crippen molar-refractivity contribution < 1.29 is 14.3 Å². The third kappa shape index (κ3) is 4.19. The molecule has 0 spiro atoms. The van der Waals surface area contributed by atoms with Crippen LogP contribution in [0.3, 0.4) is 0 Å². The molecule has 2 aromatic rings. The molecule has 2 aromatic heterocycles. The number of ketones is 1. The summed E-state index contributed by atoms with van der Waals surface area (Å²) in [5.74, 6) is 0.826. The first-order valence-electron chi connectivity index (χ1n) is 8.86. The van der Waals surface area contributed by atoms with E-state index < -0.39 is 0 Å². The third-order valence-corrected chi connectivity index (χ3v) is 4.46. The molecule has 136 valence electrons. The normalized spacial score (nSPS) is 18.0. The van der Waals surface area contributed by atoms with Crippen LogP contribution in [0.15, 0.2) is 24.5 Å². The van der Waals surface area contributed by atoms with E-state index in [1.54, 1.807) is 10.7 Å². The van der Waals surface area contributed by atoms with Crippen LogP contribution in [0.5, 0.6) is 5.75 Å². The number of hydrogen-bond acceptors (Lipinski definition) is 5. The molecule has 6 nitrogen and oxygen atoms in total. The van der Waals surface area contributed by atoms with Gasteiger partial charge in [0, 0.05) is 25.6 Å². The van der Waals surface area contributed by atoms with Gasteiger partial charge in [-0.2, -0.15) is 5.10 Å². The number of Topliss-reactive ketones (excluding diaryl/α,β-unsaturated/α-hetero) is 1. The van der Waals surface area contributed by atoms with Crippen LogP contribution in [-0.4, -0.2) is 58.7 Å². The molecule has 0 radical (unpaired) electrons. The lowest BCUT2D eigenvalue weighted by atomic mass is 10.0. The van der Waals surface area contributed by atoms with E-state index >= 15 is 0 Å². The second-order valence-corrected chi connectivity index (χ2v) is 7.50. The molecule has 3 rings (SSSR count). The van der Waals surface area contributed by atoms with Crippen molar-refractivity contribution in [1.29, 1.82) is 0 Å². The second kappa shape index (κ2) is 7.14. The average Bonchev–Trinajstić information content (AvgIpc) is 2.96. The third-order valence-electron chi connectivity index (χ3n) is 4.46. The Bertz CT molecular complexity index is 751. The smallest absolute Gasteiger partial charge is 0.169 e. The SMILES string of the molecule is CC(C)C(=O)c1cnn2cc(OCCN3CCOC(C)(C)C3)ccc12. The fourth-order valence-corrected chi connectivity index (χ4v) is 3.15. The lowest BCUT2D eigenvalue weighted by Gasteiger charge is -2.38. The van der Waals surface area contributed by atoms with E-state index in [4.69, 9.17) is 9.47 Å². The second-order valence-electron chi connectivity index (χ2n) is 7.50. The van der Waals surface area contributed by atoms with Gasteiger partial charge in [0.2, 0.25) is 0 Å². The molecule has 6 heteroatoms.